The van der Waals surface area contributed by atoms with Crippen molar-refractivity contribution in [1.29, 1.82) is 0 Å². The van der Waals surface area contributed by atoms with E-state index >= 15 is 0 Å². The Labute approximate surface area is 243 Å². The first kappa shape index (κ1) is 33.5. The minimum atomic E-state index is -1.03. The molecule has 41 heavy (non-hydrogen) atoms. The molecule has 1 aliphatic heterocycles. The predicted molar refractivity (Wildman–Crippen MR) is 152 cm³/mol. The second kappa shape index (κ2) is 15.9. The molecule has 13 heteroatoms. The van der Waals surface area contributed by atoms with E-state index in [0.717, 1.165) is 16.7 Å². The van der Waals surface area contributed by atoms with Gasteiger partial charge in [0.15, 0.2) is 5.12 Å². The van der Waals surface area contributed by atoms with Crippen molar-refractivity contribution in [3.63, 3.8) is 0 Å². The van der Waals surface area contributed by atoms with Crippen LogP contribution in [0.3, 0.4) is 0 Å². The lowest BCUT2D eigenvalue weighted by Gasteiger charge is -2.25. The van der Waals surface area contributed by atoms with E-state index in [1.54, 1.807) is 24.3 Å². The van der Waals surface area contributed by atoms with Crippen molar-refractivity contribution in [3.8, 4) is 0 Å². The molecule has 0 bridgehead atoms. The maximum Gasteiger partial charge on any atom is 0.305 e. The number of carbonyl (C=O) groups is 7. The average molecular weight is 591 g/mol. The number of imide groups is 1. The van der Waals surface area contributed by atoms with Crippen LogP contribution in [0, 0.1) is 5.92 Å². The van der Waals surface area contributed by atoms with Gasteiger partial charge in [-0.15, -0.1) is 0 Å². The Kier molecular flexibility index (Phi) is 13.0. The summed E-state index contributed by atoms with van der Waals surface area (Å²) in [4.78, 5) is 88.7. The van der Waals surface area contributed by atoms with E-state index in [-0.39, 0.29) is 49.7 Å². The van der Waals surface area contributed by atoms with Crippen LogP contribution in [-0.4, -0.2) is 83.6 Å². The second-order valence-corrected chi connectivity index (χ2v) is 11.4. The van der Waals surface area contributed by atoms with Crippen LogP contribution in [-0.2, 0) is 28.7 Å². The van der Waals surface area contributed by atoms with E-state index < -0.39 is 52.8 Å². The largest absolute Gasteiger partial charge is 0.469 e. The molecule has 0 radical (unpaired) electrons. The number of nitrogens with zero attached hydrogens (tertiary/aromatic N) is 1. The number of nitrogens with one attached hydrogen (secondary N) is 3. The molecular weight excluding hydrogens is 552 g/mol. The molecule has 0 aromatic heterocycles. The number of carbonyl (C=O) groups excluding carboxylic acids is 7. The van der Waals surface area contributed by atoms with Crippen molar-refractivity contribution >= 4 is 52.4 Å². The molecule has 5 amide bonds. The zero-order chi connectivity index (χ0) is 30.7. The van der Waals surface area contributed by atoms with Crippen LogP contribution in [0.25, 0.3) is 0 Å². The fourth-order valence-corrected chi connectivity index (χ4v) is 5.23. The van der Waals surface area contributed by atoms with Crippen molar-refractivity contribution in [2.45, 2.75) is 70.2 Å². The maximum atomic E-state index is 13.3. The van der Waals surface area contributed by atoms with Gasteiger partial charge in [0, 0.05) is 26.9 Å². The Hall–Kier alpha value is -3.74. The second-order valence-electron chi connectivity index (χ2n) is 10.0. The number of hydrogen-bond acceptors (Lipinski definition) is 9. The molecule has 1 aromatic rings. The number of hydrogen-bond donors (Lipinski definition) is 3. The molecule has 1 heterocycles. The minimum Gasteiger partial charge on any atom is -0.469 e. The molecular formula is C28H38N4O8S. The molecule has 0 spiro atoms. The van der Waals surface area contributed by atoms with Gasteiger partial charge in [0.2, 0.25) is 17.7 Å². The zero-order valence-corrected chi connectivity index (χ0v) is 24.8. The molecule has 1 aromatic carbocycles. The quantitative estimate of drug-likeness (QED) is 0.202. The Morgan fingerprint density at radius 1 is 0.902 bits per heavy atom. The number of esters is 1. The molecule has 0 fully saturated rings. The number of fused-ring (bicyclic) bond motifs is 1. The lowest BCUT2D eigenvalue weighted by Crippen LogP contribution is -2.54. The van der Waals surface area contributed by atoms with Crippen LogP contribution in [0.2, 0.25) is 0 Å². The fourth-order valence-electron chi connectivity index (χ4n) is 4.37. The maximum absolute atomic E-state index is 13.3. The molecule has 3 N–H and O–H groups in total. The van der Waals surface area contributed by atoms with Crippen molar-refractivity contribution in [2.24, 2.45) is 5.92 Å². The summed E-state index contributed by atoms with van der Waals surface area (Å²) in [6, 6.07) is 4.48. The van der Waals surface area contributed by atoms with Gasteiger partial charge in [-0.1, -0.05) is 37.7 Å². The van der Waals surface area contributed by atoms with E-state index in [1.165, 1.54) is 21.1 Å². The predicted octanol–water partition coefficient (Wildman–Crippen LogP) is 1.43. The zero-order valence-electron chi connectivity index (χ0n) is 24.0. The highest BCUT2D eigenvalue weighted by atomic mass is 32.2. The minimum absolute atomic E-state index is 0.00105. The van der Waals surface area contributed by atoms with Gasteiger partial charge in [-0.2, -0.15) is 0 Å². The number of ether oxygens (including phenoxy) is 1. The summed E-state index contributed by atoms with van der Waals surface area (Å²) in [5.41, 5.74) is 0.656. The van der Waals surface area contributed by atoms with E-state index in [2.05, 4.69) is 20.7 Å². The molecule has 0 saturated heterocycles. The number of rotatable bonds is 15. The monoisotopic (exact) mass is 590 g/mol. The molecule has 1 unspecified atom stereocenters. The average Bonchev–Trinajstić information content (AvgIpc) is 3.17. The van der Waals surface area contributed by atoms with E-state index in [1.807, 2.05) is 13.8 Å². The summed E-state index contributed by atoms with van der Waals surface area (Å²) >= 11 is 0.801. The number of likely N-dealkylation sites (N-methyl/N-ethyl adjacent to an activating group) is 1. The lowest BCUT2D eigenvalue weighted by molar-refractivity contribution is -0.141. The SMILES string of the molecule is CNC(=O)[C@H](CCC(=O)OC)NC(=O)[C@H](CC(C)C)NC(=O)C(CCCN1C(=O)c2ccccc2C1=O)SC(C)=O. The Morgan fingerprint density at radius 3 is 2.00 bits per heavy atom. The first-order chi connectivity index (χ1) is 19.4. The Balaban J connectivity index is 2.08. The van der Waals surface area contributed by atoms with Crippen LogP contribution in [0.4, 0.5) is 0 Å². The fraction of sp³-hybridized carbons (Fsp3) is 0.536. The third-order valence-electron chi connectivity index (χ3n) is 6.41. The number of methoxy groups -OCH3 is 1. The highest BCUT2D eigenvalue weighted by Crippen LogP contribution is 2.24. The summed E-state index contributed by atoms with van der Waals surface area (Å²) in [6.07, 6.45) is 0.583. The highest BCUT2D eigenvalue weighted by Gasteiger charge is 2.35. The van der Waals surface area contributed by atoms with Crippen LogP contribution < -0.4 is 16.0 Å². The van der Waals surface area contributed by atoms with Gasteiger partial charge in [-0.25, -0.2) is 0 Å². The van der Waals surface area contributed by atoms with Gasteiger partial charge >= 0.3 is 5.97 Å². The number of thioether (sulfide) groups is 1. The van der Waals surface area contributed by atoms with Crippen LogP contribution in [0.5, 0.6) is 0 Å². The van der Waals surface area contributed by atoms with Gasteiger partial charge in [0.05, 0.1) is 23.5 Å². The van der Waals surface area contributed by atoms with Gasteiger partial charge in [0.25, 0.3) is 11.8 Å². The van der Waals surface area contributed by atoms with Crippen molar-refractivity contribution in [2.75, 3.05) is 20.7 Å². The van der Waals surface area contributed by atoms with Crippen LogP contribution in [0.15, 0.2) is 24.3 Å². The molecule has 12 nitrogen and oxygen atoms in total. The molecule has 1 aliphatic rings. The standard InChI is InChI=1S/C28H38N4O8S/c1-16(2)15-21(25(36)30-20(24(35)29-4)12-13-23(34)40-5)31-26(37)22(41-17(3)33)11-8-14-32-27(38)18-9-6-7-10-19(18)28(32)39/h6-7,9-10,16,20-22H,8,11-15H2,1-5H3,(H,29,35)(H,30,36)(H,31,37)/t20-,21-,22?/m0/s1. The number of amides is 5. The van der Waals surface area contributed by atoms with Crippen molar-refractivity contribution < 1.29 is 38.3 Å². The Bertz CT molecular complexity index is 1140. The third-order valence-corrected chi connectivity index (χ3v) is 7.48. The summed E-state index contributed by atoms with van der Waals surface area (Å²) < 4.78 is 4.61. The van der Waals surface area contributed by atoms with Gasteiger partial charge < -0.3 is 20.7 Å². The smallest absolute Gasteiger partial charge is 0.305 e. The number of benzene rings is 1. The van der Waals surface area contributed by atoms with Gasteiger partial charge in [-0.3, -0.25) is 38.5 Å². The molecule has 0 saturated carbocycles. The summed E-state index contributed by atoms with van der Waals surface area (Å²) in [6.45, 7) is 5.12. The van der Waals surface area contributed by atoms with Crippen molar-refractivity contribution in [3.05, 3.63) is 35.4 Å². The normalized spacial score (nSPS) is 14.6. The van der Waals surface area contributed by atoms with Gasteiger partial charge in [-0.05, 0) is 43.7 Å². The molecule has 3 atom stereocenters. The highest BCUT2D eigenvalue weighted by molar-refractivity contribution is 8.14. The van der Waals surface area contributed by atoms with E-state index in [0.29, 0.717) is 11.1 Å². The first-order valence-corrected chi connectivity index (χ1v) is 14.3. The first-order valence-electron chi connectivity index (χ1n) is 13.4. The topological polar surface area (TPSA) is 168 Å². The van der Waals surface area contributed by atoms with E-state index in [9.17, 15) is 33.6 Å². The van der Waals surface area contributed by atoms with Crippen LogP contribution in [0.1, 0.15) is 73.6 Å². The molecule has 224 valence electrons. The Morgan fingerprint density at radius 2 is 1.49 bits per heavy atom. The molecule has 2 rings (SSSR count). The van der Waals surface area contributed by atoms with E-state index in [4.69, 9.17) is 0 Å². The van der Waals surface area contributed by atoms with Crippen molar-refractivity contribution in [1.82, 2.24) is 20.9 Å². The third kappa shape index (κ3) is 9.69. The summed E-state index contributed by atoms with van der Waals surface area (Å²) in [7, 11) is 2.62. The molecule has 0 aliphatic carbocycles. The van der Waals surface area contributed by atoms with Gasteiger partial charge in [0.1, 0.15) is 12.1 Å². The summed E-state index contributed by atoms with van der Waals surface area (Å²) in [5.74, 6) is -3.02. The van der Waals surface area contributed by atoms with Crippen LogP contribution >= 0.6 is 11.8 Å². The lowest BCUT2D eigenvalue weighted by atomic mass is 10.0. The summed E-state index contributed by atoms with van der Waals surface area (Å²) in [5, 5.41) is 6.58.